The van der Waals surface area contributed by atoms with Crippen molar-refractivity contribution in [1.82, 2.24) is 15.4 Å². The molecule has 0 spiro atoms. The summed E-state index contributed by atoms with van der Waals surface area (Å²) < 4.78 is 4.95. The lowest BCUT2D eigenvalue weighted by atomic mass is 9.93. The first-order valence-corrected chi connectivity index (χ1v) is 7.85. The van der Waals surface area contributed by atoms with E-state index in [1.165, 1.54) is 0 Å². The number of carbonyl (C=O) groups is 1. The maximum atomic E-state index is 12.0. The first-order chi connectivity index (χ1) is 10.2. The molecule has 0 aliphatic carbocycles. The Morgan fingerprint density at radius 1 is 1.57 bits per heavy atom. The molecule has 21 heavy (non-hydrogen) atoms. The summed E-state index contributed by atoms with van der Waals surface area (Å²) in [7, 11) is 0. The van der Waals surface area contributed by atoms with Gasteiger partial charge in [0.25, 0.3) is 0 Å². The highest BCUT2D eigenvalue weighted by atomic mass is 16.5. The zero-order chi connectivity index (χ0) is 14.8. The molecule has 3 heterocycles. The van der Waals surface area contributed by atoms with Crippen LogP contribution in [0.2, 0.25) is 0 Å². The number of anilines is 1. The number of aryl methyl sites for hydroxylation is 1. The monoisotopic (exact) mass is 292 g/mol. The first kappa shape index (κ1) is 14.5. The summed E-state index contributed by atoms with van der Waals surface area (Å²) in [6.07, 6.45) is 1.67. The molecule has 2 saturated heterocycles. The SMILES string of the molecule is CCC1C2CNCC2CN1CCC(=O)Nc1cc(C)on1. The second-order valence-corrected chi connectivity index (χ2v) is 6.17. The number of nitrogens with zero attached hydrogens (tertiary/aromatic N) is 2. The molecule has 1 aromatic rings. The van der Waals surface area contributed by atoms with Gasteiger partial charge in [0, 0.05) is 31.6 Å². The standard InChI is InChI=1S/C15H24N4O2/c1-3-13-12-8-16-7-11(12)9-19(13)5-4-15(20)17-14-6-10(2)21-18-14/h6,11-13,16H,3-5,7-9H2,1-2H3,(H,17,18,20). The van der Waals surface area contributed by atoms with Crippen LogP contribution in [-0.4, -0.2) is 48.2 Å². The van der Waals surface area contributed by atoms with Gasteiger partial charge in [-0.3, -0.25) is 9.69 Å². The van der Waals surface area contributed by atoms with E-state index in [-0.39, 0.29) is 5.91 Å². The van der Waals surface area contributed by atoms with Gasteiger partial charge in [-0.2, -0.15) is 0 Å². The summed E-state index contributed by atoms with van der Waals surface area (Å²) in [6.45, 7) is 8.26. The lowest BCUT2D eigenvalue weighted by Crippen LogP contribution is -2.37. The van der Waals surface area contributed by atoms with Gasteiger partial charge in [0.05, 0.1) is 0 Å². The van der Waals surface area contributed by atoms with Crippen molar-refractivity contribution in [3.05, 3.63) is 11.8 Å². The van der Waals surface area contributed by atoms with E-state index < -0.39 is 0 Å². The van der Waals surface area contributed by atoms with Crippen molar-refractivity contribution in [3.63, 3.8) is 0 Å². The summed E-state index contributed by atoms with van der Waals surface area (Å²) in [6, 6.07) is 2.35. The van der Waals surface area contributed by atoms with E-state index in [1.807, 2.05) is 6.92 Å². The van der Waals surface area contributed by atoms with Gasteiger partial charge in [0.15, 0.2) is 5.82 Å². The Morgan fingerprint density at radius 2 is 2.43 bits per heavy atom. The van der Waals surface area contributed by atoms with E-state index in [0.29, 0.717) is 24.0 Å². The van der Waals surface area contributed by atoms with Gasteiger partial charge in [-0.1, -0.05) is 12.1 Å². The topological polar surface area (TPSA) is 70.4 Å². The Kier molecular flexibility index (Phi) is 4.26. The Hall–Kier alpha value is -1.40. The van der Waals surface area contributed by atoms with Gasteiger partial charge in [-0.05, 0) is 38.3 Å². The molecule has 0 bridgehead atoms. The lowest BCUT2D eigenvalue weighted by Gasteiger charge is -2.26. The van der Waals surface area contributed by atoms with E-state index in [0.717, 1.165) is 44.4 Å². The van der Waals surface area contributed by atoms with Crippen molar-refractivity contribution in [2.45, 2.75) is 32.7 Å². The van der Waals surface area contributed by atoms with E-state index in [9.17, 15) is 4.79 Å². The number of aromatic nitrogens is 1. The van der Waals surface area contributed by atoms with E-state index >= 15 is 0 Å². The lowest BCUT2D eigenvalue weighted by molar-refractivity contribution is -0.116. The molecule has 2 aliphatic heterocycles. The van der Waals surface area contributed by atoms with E-state index in [4.69, 9.17) is 4.52 Å². The van der Waals surface area contributed by atoms with Crippen LogP contribution in [0.5, 0.6) is 0 Å². The third kappa shape index (κ3) is 3.11. The van der Waals surface area contributed by atoms with Crippen molar-refractivity contribution >= 4 is 11.7 Å². The smallest absolute Gasteiger partial charge is 0.226 e. The van der Waals surface area contributed by atoms with Crippen LogP contribution in [0.25, 0.3) is 0 Å². The average molecular weight is 292 g/mol. The Balaban J connectivity index is 1.49. The van der Waals surface area contributed by atoms with Crippen molar-refractivity contribution < 1.29 is 9.32 Å². The summed E-state index contributed by atoms with van der Waals surface area (Å²) >= 11 is 0. The van der Waals surface area contributed by atoms with Crippen molar-refractivity contribution in [2.24, 2.45) is 11.8 Å². The molecular weight excluding hydrogens is 268 g/mol. The molecule has 0 radical (unpaired) electrons. The first-order valence-electron chi connectivity index (χ1n) is 7.85. The fraction of sp³-hybridized carbons (Fsp3) is 0.733. The zero-order valence-corrected chi connectivity index (χ0v) is 12.8. The Bertz CT molecular complexity index is 502. The summed E-state index contributed by atoms with van der Waals surface area (Å²) in [4.78, 5) is 14.5. The molecule has 3 rings (SSSR count). The quantitative estimate of drug-likeness (QED) is 0.854. The predicted molar refractivity (Wildman–Crippen MR) is 80.0 cm³/mol. The molecule has 1 amide bonds. The highest BCUT2D eigenvalue weighted by Gasteiger charge is 2.42. The number of carbonyl (C=O) groups excluding carboxylic acids is 1. The third-order valence-electron chi connectivity index (χ3n) is 4.76. The van der Waals surface area contributed by atoms with Crippen molar-refractivity contribution in [3.8, 4) is 0 Å². The van der Waals surface area contributed by atoms with Gasteiger partial charge in [-0.15, -0.1) is 0 Å². The zero-order valence-electron chi connectivity index (χ0n) is 12.8. The van der Waals surface area contributed by atoms with E-state index in [1.54, 1.807) is 6.07 Å². The van der Waals surface area contributed by atoms with Crippen LogP contribution in [0.15, 0.2) is 10.6 Å². The molecule has 0 saturated carbocycles. The van der Waals surface area contributed by atoms with Crippen LogP contribution in [0.3, 0.4) is 0 Å². The molecule has 3 atom stereocenters. The third-order valence-corrected chi connectivity index (χ3v) is 4.76. The minimum atomic E-state index is 0.00772. The molecule has 2 aliphatic rings. The molecule has 2 N–H and O–H groups in total. The van der Waals surface area contributed by atoms with Gasteiger partial charge in [0.2, 0.25) is 5.91 Å². The highest BCUT2D eigenvalue weighted by Crippen LogP contribution is 2.34. The maximum absolute atomic E-state index is 12.0. The average Bonchev–Trinajstić information content (AvgIpc) is 3.12. The molecule has 0 aromatic carbocycles. The number of fused-ring (bicyclic) bond motifs is 1. The Labute approximate surface area is 125 Å². The van der Waals surface area contributed by atoms with Crippen LogP contribution in [0, 0.1) is 18.8 Å². The highest BCUT2D eigenvalue weighted by molar-refractivity contribution is 5.89. The molecule has 6 nitrogen and oxygen atoms in total. The summed E-state index contributed by atoms with van der Waals surface area (Å²) in [5.74, 6) is 2.74. The minimum Gasteiger partial charge on any atom is -0.360 e. The second-order valence-electron chi connectivity index (χ2n) is 6.17. The molecule has 116 valence electrons. The van der Waals surface area contributed by atoms with Gasteiger partial charge >= 0.3 is 0 Å². The number of hydrogen-bond acceptors (Lipinski definition) is 5. The van der Waals surface area contributed by atoms with Gasteiger partial charge in [0.1, 0.15) is 5.76 Å². The molecule has 1 aromatic heterocycles. The van der Waals surface area contributed by atoms with Crippen LogP contribution < -0.4 is 10.6 Å². The molecule has 3 unspecified atom stereocenters. The summed E-state index contributed by atoms with van der Waals surface area (Å²) in [5.41, 5.74) is 0. The van der Waals surface area contributed by atoms with Crippen LogP contribution in [-0.2, 0) is 4.79 Å². The number of rotatable bonds is 5. The minimum absolute atomic E-state index is 0.00772. The molecular formula is C15H24N4O2. The Morgan fingerprint density at radius 3 is 3.14 bits per heavy atom. The fourth-order valence-electron chi connectivity index (χ4n) is 3.80. The normalized spacial score (nSPS) is 28.8. The van der Waals surface area contributed by atoms with Crippen molar-refractivity contribution in [1.29, 1.82) is 0 Å². The van der Waals surface area contributed by atoms with Gasteiger partial charge < -0.3 is 15.2 Å². The number of hydrogen-bond donors (Lipinski definition) is 2. The maximum Gasteiger partial charge on any atom is 0.226 e. The second kappa shape index (κ2) is 6.15. The molecule has 6 heteroatoms. The summed E-state index contributed by atoms with van der Waals surface area (Å²) in [5, 5.41) is 10.1. The number of amides is 1. The van der Waals surface area contributed by atoms with E-state index in [2.05, 4.69) is 27.6 Å². The van der Waals surface area contributed by atoms with Gasteiger partial charge in [-0.25, -0.2) is 0 Å². The number of likely N-dealkylation sites (tertiary alicyclic amines) is 1. The van der Waals surface area contributed by atoms with Crippen LogP contribution in [0.4, 0.5) is 5.82 Å². The predicted octanol–water partition coefficient (Wildman–Crippen LogP) is 1.24. The van der Waals surface area contributed by atoms with Crippen molar-refractivity contribution in [2.75, 3.05) is 31.5 Å². The number of nitrogens with one attached hydrogen (secondary N) is 2. The largest absolute Gasteiger partial charge is 0.360 e. The molecule has 2 fully saturated rings. The van der Waals surface area contributed by atoms with Crippen LogP contribution >= 0.6 is 0 Å². The van der Waals surface area contributed by atoms with Crippen LogP contribution in [0.1, 0.15) is 25.5 Å². The fourth-order valence-corrected chi connectivity index (χ4v) is 3.80.